The first-order valence-corrected chi connectivity index (χ1v) is 6.21. The molecule has 6 nitrogen and oxygen atoms in total. The lowest BCUT2D eigenvalue weighted by Gasteiger charge is -2.15. The lowest BCUT2D eigenvalue weighted by molar-refractivity contribution is 0.266. The zero-order valence-electron chi connectivity index (χ0n) is 10.3. The monoisotopic (exact) mass is 275 g/mol. The molecular formula is C11H18ClN3O3. The largest absolute Gasteiger partial charge is 0.396 e. The van der Waals surface area contributed by atoms with Crippen LogP contribution in [0.1, 0.15) is 19.8 Å². The van der Waals surface area contributed by atoms with Crippen LogP contribution in [0.15, 0.2) is 11.0 Å². The average Bonchev–Trinajstić information content (AvgIpc) is 2.36. The van der Waals surface area contributed by atoms with Crippen LogP contribution in [0.25, 0.3) is 0 Å². The van der Waals surface area contributed by atoms with E-state index < -0.39 is 5.56 Å². The molecule has 0 saturated heterocycles. The summed E-state index contributed by atoms with van der Waals surface area (Å²) in [5.74, 6) is 0. The second kappa shape index (κ2) is 7.35. The molecule has 0 amide bonds. The van der Waals surface area contributed by atoms with Gasteiger partial charge in [-0.05, 0) is 19.8 Å². The van der Waals surface area contributed by atoms with Gasteiger partial charge < -0.3 is 15.5 Å². The third-order valence-electron chi connectivity index (χ3n) is 2.49. The molecule has 0 aliphatic rings. The first kappa shape index (κ1) is 14.9. The van der Waals surface area contributed by atoms with Crippen molar-refractivity contribution in [3.05, 3.63) is 21.6 Å². The van der Waals surface area contributed by atoms with Gasteiger partial charge in [0.25, 0.3) is 5.56 Å². The van der Waals surface area contributed by atoms with Gasteiger partial charge in [-0.3, -0.25) is 4.79 Å². The van der Waals surface area contributed by atoms with Gasteiger partial charge in [-0.1, -0.05) is 11.6 Å². The molecule has 7 heteroatoms. The van der Waals surface area contributed by atoms with E-state index in [9.17, 15) is 4.79 Å². The number of halogens is 1. The number of hydrogen-bond donors (Lipinski definition) is 3. The summed E-state index contributed by atoms with van der Waals surface area (Å²) in [6, 6.07) is 0.0875. The van der Waals surface area contributed by atoms with Crippen LogP contribution in [0, 0.1) is 0 Å². The lowest BCUT2D eigenvalue weighted by Crippen LogP contribution is -2.27. The van der Waals surface area contributed by atoms with Crippen molar-refractivity contribution in [1.82, 2.24) is 9.78 Å². The summed E-state index contributed by atoms with van der Waals surface area (Å²) < 4.78 is 1.12. The quantitative estimate of drug-likeness (QED) is 0.673. The minimum absolute atomic E-state index is 0.0642. The Kier molecular flexibility index (Phi) is 6.11. The number of anilines is 1. The number of nitrogens with one attached hydrogen (secondary N) is 1. The number of aromatic nitrogens is 2. The highest BCUT2D eigenvalue weighted by atomic mass is 35.5. The van der Waals surface area contributed by atoms with Crippen molar-refractivity contribution in [2.24, 2.45) is 0 Å². The molecule has 3 N–H and O–H groups in total. The maximum atomic E-state index is 11.8. The van der Waals surface area contributed by atoms with Crippen molar-refractivity contribution in [3.63, 3.8) is 0 Å². The van der Waals surface area contributed by atoms with E-state index in [1.54, 1.807) is 0 Å². The number of hydrogen-bond acceptors (Lipinski definition) is 5. The zero-order chi connectivity index (χ0) is 13.5. The predicted octanol–water partition coefficient (Wildman–Crippen LogP) is 0.462. The molecule has 1 aromatic rings. The Morgan fingerprint density at radius 1 is 1.50 bits per heavy atom. The molecule has 1 rings (SSSR count). The highest BCUT2D eigenvalue weighted by Gasteiger charge is 2.11. The van der Waals surface area contributed by atoms with Crippen molar-refractivity contribution in [2.45, 2.75) is 32.4 Å². The zero-order valence-corrected chi connectivity index (χ0v) is 11.0. The molecule has 18 heavy (non-hydrogen) atoms. The third-order valence-corrected chi connectivity index (χ3v) is 2.86. The molecule has 1 atom stereocenters. The van der Waals surface area contributed by atoms with E-state index in [-0.39, 0.29) is 30.8 Å². The van der Waals surface area contributed by atoms with Crippen molar-refractivity contribution in [1.29, 1.82) is 0 Å². The highest BCUT2D eigenvalue weighted by molar-refractivity contribution is 6.32. The molecule has 0 aromatic carbocycles. The van der Waals surface area contributed by atoms with Gasteiger partial charge in [0.05, 0.1) is 25.0 Å². The molecule has 0 bridgehead atoms. The smallest absolute Gasteiger partial charge is 0.287 e. The molecule has 0 fully saturated rings. The number of nitrogens with zero attached hydrogens (tertiary/aromatic N) is 2. The van der Waals surface area contributed by atoms with Crippen LogP contribution in [-0.4, -0.2) is 39.2 Å². The van der Waals surface area contributed by atoms with Crippen LogP contribution in [0.5, 0.6) is 0 Å². The Labute approximate surface area is 110 Å². The van der Waals surface area contributed by atoms with Gasteiger partial charge in [-0.25, -0.2) is 4.68 Å². The summed E-state index contributed by atoms with van der Waals surface area (Å²) in [6.45, 7) is 2.03. The summed E-state index contributed by atoms with van der Waals surface area (Å²) in [4.78, 5) is 11.8. The minimum Gasteiger partial charge on any atom is -0.396 e. The summed E-state index contributed by atoms with van der Waals surface area (Å²) in [5.41, 5.74) is 0.0476. The topological polar surface area (TPSA) is 87.4 Å². The first-order valence-electron chi connectivity index (χ1n) is 5.84. The Hall–Kier alpha value is -1.11. The van der Waals surface area contributed by atoms with E-state index in [4.69, 9.17) is 21.8 Å². The number of aliphatic hydroxyl groups excluding tert-OH is 2. The van der Waals surface area contributed by atoms with Crippen LogP contribution in [0.3, 0.4) is 0 Å². The fourth-order valence-corrected chi connectivity index (χ4v) is 1.76. The van der Waals surface area contributed by atoms with Gasteiger partial charge >= 0.3 is 0 Å². The Morgan fingerprint density at radius 2 is 2.22 bits per heavy atom. The second-order valence-corrected chi connectivity index (χ2v) is 4.41. The van der Waals surface area contributed by atoms with Crippen LogP contribution in [0.2, 0.25) is 5.02 Å². The third kappa shape index (κ3) is 3.97. The molecule has 0 radical (unpaired) electrons. The SMILES string of the molecule is CC(CCCO)Nc1cnn(CCO)c(=O)c1Cl. The fourth-order valence-electron chi connectivity index (χ4n) is 1.55. The Balaban J connectivity index is 2.79. The molecule has 0 spiro atoms. The predicted molar refractivity (Wildman–Crippen MR) is 70.0 cm³/mol. The van der Waals surface area contributed by atoms with E-state index in [0.717, 1.165) is 11.1 Å². The Morgan fingerprint density at radius 3 is 2.83 bits per heavy atom. The van der Waals surface area contributed by atoms with Crippen molar-refractivity contribution >= 4 is 17.3 Å². The van der Waals surface area contributed by atoms with Crippen LogP contribution in [0.4, 0.5) is 5.69 Å². The molecular weight excluding hydrogens is 258 g/mol. The van der Waals surface area contributed by atoms with Crippen molar-refractivity contribution in [3.8, 4) is 0 Å². The normalized spacial score (nSPS) is 12.4. The van der Waals surface area contributed by atoms with Crippen LogP contribution in [-0.2, 0) is 6.54 Å². The summed E-state index contributed by atoms with van der Waals surface area (Å²) in [7, 11) is 0. The van der Waals surface area contributed by atoms with Gasteiger partial charge in [0.2, 0.25) is 0 Å². The lowest BCUT2D eigenvalue weighted by atomic mass is 10.2. The number of aliphatic hydroxyl groups is 2. The van der Waals surface area contributed by atoms with E-state index in [2.05, 4.69) is 10.4 Å². The molecule has 1 aromatic heterocycles. The maximum absolute atomic E-state index is 11.8. The first-order chi connectivity index (χ1) is 8.60. The molecule has 1 unspecified atom stereocenters. The summed E-state index contributed by atoms with van der Waals surface area (Å²) in [5, 5.41) is 24.5. The second-order valence-electron chi connectivity index (χ2n) is 4.04. The fraction of sp³-hybridized carbons (Fsp3) is 0.636. The average molecular weight is 276 g/mol. The van der Waals surface area contributed by atoms with Gasteiger partial charge in [0.1, 0.15) is 5.02 Å². The van der Waals surface area contributed by atoms with Crippen LogP contribution < -0.4 is 10.9 Å². The minimum atomic E-state index is -0.426. The van der Waals surface area contributed by atoms with Crippen molar-refractivity contribution in [2.75, 3.05) is 18.5 Å². The van der Waals surface area contributed by atoms with Gasteiger partial charge in [-0.2, -0.15) is 5.10 Å². The summed E-state index contributed by atoms with van der Waals surface area (Å²) in [6.07, 6.45) is 2.92. The standard InChI is InChI=1S/C11H18ClN3O3/c1-8(3-2-5-16)14-9-7-13-15(4-6-17)11(18)10(9)12/h7-8,14,16-17H,2-6H2,1H3. The van der Waals surface area contributed by atoms with Crippen LogP contribution >= 0.6 is 11.6 Å². The van der Waals surface area contributed by atoms with E-state index >= 15 is 0 Å². The number of rotatable bonds is 7. The van der Waals surface area contributed by atoms with Gasteiger partial charge in [0.15, 0.2) is 0 Å². The maximum Gasteiger partial charge on any atom is 0.287 e. The van der Waals surface area contributed by atoms with E-state index in [1.807, 2.05) is 6.92 Å². The van der Waals surface area contributed by atoms with Gasteiger partial charge in [0, 0.05) is 12.6 Å². The van der Waals surface area contributed by atoms with E-state index in [0.29, 0.717) is 12.1 Å². The van der Waals surface area contributed by atoms with E-state index in [1.165, 1.54) is 6.20 Å². The van der Waals surface area contributed by atoms with Gasteiger partial charge in [-0.15, -0.1) is 0 Å². The molecule has 0 aliphatic carbocycles. The molecule has 1 heterocycles. The molecule has 102 valence electrons. The van der Waals surface area contributed by atoms with Crippen molar-refractivity contribution < 1.29 is 10.2 Å². The highest BCUT2D eigenvalue weighted by Crippen LogP contribution is 2.17. The Bertz CT molecular complexity index is 436. The molecule has 0 saturated carbocycles. The molecule has 0 aliphatic heterocycles. The summed E-state index contributed by atoms with van der Waals surface area (Å²) >= 11 is 5.95.